The van der Waals surface area contributed by atoms with Gasteiger partial charge in [0, 0.05) is 19.5 Å². The van der Waals surface area contributed by atoms with E-state index in [1.807, 2.05) is 25.5 Å². The quantitative estimate of drug-likeness (QED) is 0.871. The van der Waals surface area contributed by atoms with Crippen LogP contribution in [-0.4, -0.2) is 27.0 Å². The van der Waals surface area contributed by atoms with Gasteiger partial charge in [0.1, 0.15) is 0 Å². The van der Waals surface area contributed by atoms with Crippen molar-refractivity contribution in [3.05, 3.63) is 15.9 Å². The Morgan fingerprint density at radius 3 is 2.26 bits per heavy atom. The second-order valence-electron chi connectivity index (χ2n) is 6.04. The van der Waals surface area contributed by atoms with Crippen molar-refractivity contribution in [2.24, 2.45) is 11.1 Å². The van der Waals surface area contributed by atoms with Crippen LogP contribution in [0.4, 0.5) is 0 Å². The van der Waals surface area contributed by atoms with Gasteiger partial charge in [0.25, 0.3) is 0 Å². The lowest BCUT2D eigenvalue weighted by Gasteiger charge is -2.39. The monoisotopic (exact) mass is 331 g/mol. The van der Waals surface area contributed by atoms with Crippen LogP contribution in [-0.2, 0) is 19.4 Å². The molecule has 0 aliphatic heterocycles. The molecule has 5 heteroatoms. The van der Waals surface area contributed by atoms with Crippen LogP contribution in [0.2, 0.25) is 0 Å². The molecule has 1 rings (SSSR count). The first kappa shape index (κ1) is 16.7. The number of halogens is 1. The van der Waals surface area contributed by atoms with E-state index in [1.54, 1.807) is 0 Å². The number of hydrogen-bond acceptors (Lipinski definition) is 3. The summed E-state index contributed by atoms with van der Waals surface area (Å²) in [7, 11) is 0. The summed E-state index contributed by atoms with van der Waals surface area (Å²) >= 11 is 3.62. The maximum atomic E-state index is 10.8. The number of hydrogen-bond donors (Lipinski definition) is 2. The molecule has 0 aliphatic carbocycles. The van der Waals surface area contributed by atoms with Crippen molar-refractivity contribution >= 4 is 15.9 Å². The van der Waals surface area contributed by atoms with E-state index in [0.29, 0.717) is 6.42 Å². The van der Waals surface area contributed by atoms with Crippen LogP contribution in [0.3, 0.4) is 0 Å². The SMILES string of the molecule is CCc1nn(CC)c(CC(O)(CN)C(C)(C)C)c1Br. The summed E-state index contributed by atoms with van der Waals surface area (Å²) in [6.45, 7) is 11.2. The van der Waals surface area contributed by atoms with E-state index in [9.17, 15) is 5.11 Å². The molecule has 0 radical (unpaired) electrons. The van der Waals surface area contributed by atoms with Gasteiger partial charge in [0.05, 0.1) is 21.5 Å². The number of aryl methyl sites for hydroxylation is 2. The largest absolute Gasteiger partial charge is 0.388 e. The number of nitrogens with two attached hydrogens (primary N) is 1. The molecule has 19 heavy (non-hydrogen) atoms. The van der Waals surface area contributed by atoms with Gasteiger partial charge in [-0.2, -0.15) is 5.10 Å². The Hall–Kier alpha value is -0.390. The van der Waals surface area contributed by atoms with Crippen LogP contribution in [0.5, 0.6) is 0 Å². The van der Waals surface area contributed by atoms with Gasteiger partial charge < -0.3 is 10.8 Å². The first-order valence-corrected chi connectivity index (χ1v) is 7.66. The molecule has 1 atom stereocenters. The summed E-state index contributed by atoms with van der Waals surface area (Å²) < 4.78 is 2.96. The van der Waals surface area contributed by atoms with Crippen LogP contribution in [0, 0.1) is 5.41 Å². The van der Waals surface area contributed by atoms with Crippen LogP contribution in [0.25, 0.3) is 0 Å². The molecule has 3 N–H and O–H groups in total. The first-order chi connectivity index (χ1) is 8.70. The maximum Gasteiger partial charge on any atom is 0.0872 e. The van der Waals surface area contributed by atoms with E-state index >= 15 is 0 Å². The van der Waals surface area contributed by atoms with Gasteiger partial charge in [-0.3, -0.25) is 4.68 Å². The molecule has 1 aromatic rings. The predicted molar refractivity (Wildman–Crippen MR) is 82.1 cm³/mol. The minimum absolute atomic E-state index is 0.235. The normalized spacial score (nSPS) is 15.6. The highest BCUT2D eigenvalue weighted by atomic mass is 79.9. The highest BCUT2D eigenvalue weighted by molar-refractivity contribution is 9.10. The van der Waals surface area contributed by atoms with E-state index < -0.39 is 5.60 Å². The second-order valence-corrected chi connectivity index (χ2v) is 6.83. The Morgan fingerprint density at radius 2 is 1.89 bits per heavy atom. The van der Waals surface area contributed by atoms with Crippen LogP contribution in [0.15, 0.2) is 4.47 Å². The third kappa shape index (κ3) is 3.20. The lowest BCUT2D eigenvalue weighted by atomic mass is 9.73. The van der Waals surface area contributed by atoms with Crippen molar-refractivity contribution in [1.82, 2.24) is 9.78 Å². The summed E-state index contributed by atoms with van der Waals surface area (Å²) in [5.41, 5.74) is 6.67. The average Bonchev–Trinajstić information content (AvgIpc) is 2.64. The van der Waals surface area contributed by atoms with E-state index in [-0.39, 0.29) is 12.0 Å². The fraction of sp³-hybridized carbons (Fsp3) is 0.786. The molecule has 1 heterocycles. The maximum absolute atomic E-state index is 10.8. The molecule has 0 amide bonds. The van der Waals surface area contributed by atoms with E-state index in [2.05, 4.69) is 34.9 Å². The summed E-state index contributed by atoms with van der Waals surface area (Å²) in [4.78, 5) is 0. The highest BCUT2D eigenvalue weighted by Crippen LogP contribution is 2.35. The molecule has 1 unspecified atom stereocenters. The van der Waals surface area contributed by atoms with Crippen molar-refractivity contribution < 1.29 is 5.11 Å². The fourth-order valence-electron chi connectivity index (χ4n) is 2.11. The minimum atomic E-state index is -0.937. The number of nitrogens with zero attached hydrogens (tertiary/aromatic N) is 2. The number of aliphatic hydroxyl groups is 1. The zero-order valence-electron chi connectivity index (χ0n) is 12.6. The molecule has 0 fully saturated rings. The lowest BCUT2D eigenvalue weighted by Crippen LogP contribution is -2.51. The third-order valence-corrected chi connectivity index (χ3v) is 4.80. The Balaban J connectivity index is 3.21. The van der Waals surface area contributed by atoms with Crippen molar-refractivity contribution in [3.8, 4) is 0 Å². The van der Waals surface area contributed by atoms with Gasteiger partial charge in [-0.25, -0.2) is 0 Å². The molecule has 0 saturated heterocycles. The molecule has 0 bridgehead atoms. The summed E-state index contributed by atoms with van der Waals surface area (Å²) in [6.07, 6.45) is 1.38. The molecule has 0 aliphatic rings. The zero-order chi connectivity index (χ0) is 14.8. The van der Waals surface area contributed by atoms with Crippen LogP contribution < -0.4 is 5.73 Å². The highest BCUT2D eigenvalue weighted by Gasteiger charge is 2.40. The van der Waals surface area contributed by atoms with E-state index in [0.717, 1.165) is 28.8 Å². The molecule has 110 valence electrons. The summed E-state index contributed by atoms with van der Waals surface area (Å²) in [5, 5.41) is 15.4. The smallest absolute Gasteiger partial charge is 0.0872 e. The lowest BCUT2D eigenvalue weighted by molar-refractivity contribution is -0.0505. The van der Waals surface area contributed by atoms with Crippen molar-refractivity contribution in [3.63, 3.8) is 0 Å². The van der Waals surface area contributed by atoms with Gasteiger partial charge in [-0.1, -0.05) is 27.7 Å². The third-order valence-electron chi connectivity index (χ3n) is 3.89. The predicted octanol–water partition coefficient (Wildman–Crippen LogP) is 2.51. The van der Waals surface area contributed by atoms with Gasteiger partial charge in [-0.15, -0.1) is 0 Å². The van der Waals surface area contributed by atoms with Crippen molar-refractivity contribution in [1.29, 1.82) is 0 Å². The Labute approximate surface area is 124 Å². The van der Waals surface area contributed by atoms with Gasteiger partial charge in [-0.05, 0) is 34.7 Å². The van der Waals surface area contributed by atoms with E-state index in [1.165, 1.54) is 0 Å². The Bertz CT molecular complexity index is 437. The van der Waals surface area contributed by atoms with Crippen molar-refractivity contribution in [2.45, 2.75) is 59.6 Å². The van der Waals surface area contributed by atoms with Gasteiger partial charge in [0.15, 0.2) is 0 Å². The zero-order valence-corrected chi connectivity index (χ0v) is 14.2. The molecule has 1 aromatic heterocycles. The Morgan fingerprint density at radius 1 is 1.32 bits per heavy atom. The second kappa shape index (κ2) is 5.94. The molecular weight excluding hydrogens is 306 g/mol. The Kier molecular flexibility index (Phi) is 5.21. The number of aromatic nitrogens is 2. The van der Waals surface area contributed by atoms with Crippen molar-refractivity contribution in [2.75, 3.05) is 6.54 Å². The van der Waals surface area contributed by atoms with Gasteiger partial charge in [0.2, 0.25) is 0 Å². The standard InChI is InChI=1S/C14H26BrN3O/c1-6-10-12(15)11(18(7-2)17-10)8-14(19,9-16)13(3,4)5/h19H,6-9,16H2,1-5H3. The van der Waals surface area contributed by atoms with E-state index in [4.69, 9.17) is 5.73 Å². The fourth-order valence-corrected chi connectivity index (χ4v) is 2.81. The van der Waals surface area contributed by atoms with Crippen LogP contribution >= 0.6 is 15.9 Å². The van der Waals surface area contributed by atoms with Gasteiger partial charge >= 0.3 is 0 Å². The molecule has 4 nitrogen and oxygen atoms in total. The minimum Gasteiger partial charge on any atom is -0.388 e. The number of rotatable bonds is 5. The summed E-state index contributed by atoms with van der Waals surface area (Å²) in [5.74, 6) is 0. The van der Waals surface area contributed by atoms with Crippen LogP contribution in [0.1, 0.15) is 46.0 Å². The summed E-state index contributed by atoms with van der Waals surface area (Å²) in [6, 6.07) is 0. The molecule has 0 aromatic carbocycles. The average molecular weight is 332 g/mol. The molecule has 0 saturated carbocycles. The molecular formula is C14H26BrN3O. The first-order valence-electron chi connectivity index (χ1n) is 6.86. The topological polar surface area (TPSA) is 64.1 Å². The molecule has 0 spiro atoms.